The molecule has 0 unspecified atom stereocenters. The Morgan fingerprint density at radius 2 is 2.18 bits per heavy atom. The summed E-state index contributed by atoms with van der Waals surface area (Å²) < 4.78 is 16.5. The fourth-order valence-corrected chi connectivity index (χ4v) is 3.36. The van der Waals surface area contributed by atoms with Crippen molar-refractivity contribution in [1.29, 1.82) is 0 Å². The standard InChI is InChI=1S/C9H10NO5PS/c1-15-7-3-8-5(2-6(7)11)10-9(17-8)4-16(12,13)14/h2-3,11H,4H2,1H3,(H2,12,13,14). The van der Waals surface area contributed by atoms with Crippen LogP contribution in [0.2, 0.25) is 0 Å². The Bertz CT molecular complexity index is 605. The number of rotatable bonds is 3. The van der Waals surface area contributed by atoms with Crippen molar-refractivity contribution < 1.29 is 24.2 Å². The molecule has 0 saturated carbocycles. The minimum absolute atomic E-state index is 0.0481. The number of aromatic hydroxyl groups is 1. The molecule has 3 N–H and O–H groups in total. The minimum Gasteiger partial charge on any atom is -0.504 e. The van der Waals surface area contributed by atoms with Gasteiger partial charge in [-0.15, -0.1) is 11.3 Å². The van der Waals surface area contributed by atoms with E-state index in [2.05, 4.69) is 4.98 Å². The number of hydrogen-bond donors (Lipinski definition) is 3. The summed E-state index contributed by atoms with van der Waals surface area (Å²) in [5, 5.41) is 9.87. The summed E-state index contributed by atoms with van der Waals surface area (Å²) in [5.41, 5.74) is 0.497. The SMILES string of the molecule is COc1cc2sc(CP(=O)(O)O)nc2cc1O. The molecule has 0 aliphatic carbocycles. The van der Waals surface area contributed by atoms with Gasteiger partial charge in [-0.3, -0.25) is 4.57 Å². The predicted octanol–water partition coefficient (Wildman–Crippen LogP) is 1.69. The summed E-state index contributed by atoms with van der Waals surface area (Å²) in [6.45, 7) is 0. The van der Waals surface area contributed by atoms with Gasteiger partial charge in [-0.2, -0.15) is 0 Å². The summed E-state index contributed by atoms with van der Waals surface area (Å²) >= 11 is 1.17. The van der Waals surface area contributed by atoms with E-state index in [1.165, 1.54) is 24.5 Å². The highest BCUT2D eigenvalue weighted by Gasteiger charge is 2.18. The molecule has 0 radical (unpaired) electrons. The lowest BCUT2D eigenvalue weighted by atomic mass is 10.3. The Labute approximate surface area is 101 Å². The van der Waals surface area contributed by atoms with Gasteiger partial charge in [0, 0.05) is 12.1 Å². The van der Waals surface area contributed by atoms with Crippen molar-refractivity contribution in [1.82, 2.24) is 4.98 Å². The lowest BCUT2D eigenvalue weighted by Crippen LogP contribution is -1.85. The Kier molecular flexibility index (Phi) is 3.09. The Hall–Kier alpha value is -1.14. The number of phenolic OH excluding ortho intramolecular Hbond substituents is 1. The van der Waals surface area contributed by atoms with Crippen LogP contribution in [0.25, 0.3) is 10.2 Å². The third-order valence-corrected chi connectivity index (χ3v) is 4.02. The van der Waals surface area contributed by atoms with E-state index in [9.17, 15) is 9.67 Å². The average Bonchev–Trinajstić information content (AvgIpc) is 2.54. The number of methoxy groups -OCH3 is 1. The molecule has 0 spiro atoms. The van der Waals surface area contributed by atoms with Crippen LogP contribution < -0.4 is 4.74 Å². The van der Waals surface area contributed by atoms with Crippen LogP contribution in [0.5, 0.6) is 11.5 Å². The van der Waals surface area contributed by atoms with Crippen molar-refractivity contribution in [2.24, 2.45) is 0 Å². The van der Waals surface area contributed by atoms with Crippen molar-refractivity contribution in [3.63, 3.8) is 0 Å². The molecule has 17 heavy (non-hydrogen) atoms. The van der Waals surface area contributed by atoms with Crippen molar-refractivity contribution in [3.8, 4) is 11.5 Å². The first-order valence-corrected chi connectivity index (χ1v) is 7.21. The van der Waals surface area contributed by atoms with Gasteiger partial charge in [0.15, 0.2) is 11.5 Å². The molecule has 2 aromatic rings. The van der Waals surface area contributed by atoms with Gasteiger partial charge < -0.3 is 19.6 Å². The molecule has 1 aromatic heterocycles. The number of fused-ring (bicyclic) bond motifs is 1. The molecular weight excluding hydrogens is 265 g/mol. The first-order chi connectivity index (χ1) is 7.89. The second-order valence-corrected chi connectivity index (χ2v) is 6.18. The maximum Gasteiger partial charge on any atom is 0.332 e. The van der Waals surface area contributed by atoms with Crippen molar-refractivity contribution in [3.05, 3.63) is 17.1 Å². The van der Waals surface area contributed by atoms with Crippen LogP contribution in [0, 0.1) is 0 Å². The zero-order chi connectivity index (χ0) is 12.6. The molecule has 0 aliphatic rings. The van der Waals surface area contributed by atoms with E-state index in [1.807, 2.05) is 0 Å². The highest BCUT2D eigenvalue weighted by molar-refractivity contribution is 7.51. The van der Waals surface area contributed by atoms with Gasteiger partial charge in [-0.1, -0.05) is 0 Å². The zero-order valence-electron chi connectivity index (χ0n) is 8.82. The average molecular weight is 275 g/mol. The third-order valence-electron chi connectivity index (χ3n) is 2.07. The first-order valence-electron chi connectivity index (χ1n) is 4.60. The summed E-state index contributed by atoms with van der Waals surface area (Å²) in [6, 6.07) is 3.00. The number of ether oxygens (including phenoxy) is 1. The largest absolute Gasteiger partial charge is 0.504 e. The van der Waals surface area contributed by atoms with E-state index in [0.29, 0.717) is 21.0 Å². The fraction of sp³-hybridized carbons (Fsp3) is 0.222. The van der Waals surface area contributed by atoms with Gasteiger partial charge >= 0.3 is 7.60 Å². The molecule has 1 heterocycles. The molecule has 2 rings (SSSR count). The number of aromatic nitrogens is 1. The smallest absolute Gasteiger partial charge is 0.332 e. The summed E-state index contributed by atoms with van der Waals surface area (Å²) in [5.74, 6) is 0.261. The maximum absolute atomic E-state index is 10.9. The summed E-state index contributed by atoms with van der Waals surface area (Å²) in [4.78, 5) is 21.8. The van der Waals surface area contributed by atoms with E-state index < -0.39 is 13.8 Å². The predicted molar refractivity (Wildman–Crippen MR) is 63.6 cm³/mol. The van der Waals surface area contributed by atoms with Gasteiger partial charge in [0.2, 0.25) is 0 Å². The number of thiazole rings is 1. The molecular formula is C9H10NO5PS. The van der Waals surface area contributed by atoms with Crippen LogP contribution in [-0.2, 0) is 10.7 Å². The molecule has 0 saturated heterocycles. The maximum atomic E-state index is 10.9. The number of phenols is 1. The molecule has 0 amide bonds. The molecule has 0 aliphatic heterocycles. The van der Waals surface area contributed by atoms with Crippen LogP contribution in [0.1, 0.15) is 5.01 Å². The monoisotopic (exact) mass is 275 g/mol. The summed E-state index contributed by atoms with van der Waals surface area (Å²) in [6.07, 6.45) is -0.393. The van der Waals surface area contributed by atoms with Crippen LogP contribution in [-0.4, -0.2) is 27.0 Å². The highest BCUT2D eigenvalue weighted by atomic mass is 32.1. The van der Waals surface area contributed by atoms with Crippen molar-refractivity contribution in [2.45, 2.75) is 6.16 Å². The molecule has 0 atom stereocenters. The van der Waals surface area contributed by atoms with E-state index in [1.54, 1.807) is 6.07 Å². The fourth-order valence-electron chi connectivity index (χ4n) is 1.40. The minimum atomic E-state index is -4.12. The number of benzene rings is 1. The van der Waals surface area contributed by atoms with Crippen LogP contribution in [0.15, 0.2) is 12.1 Å². The van der Waals surface area contributed by atoms with Crippen molar-refractivity contribution in [2.75, 3.05) is 7.11 Å². The van der Waals surface area contributed by atoms with Gasteiger partial charge in [-0.25, -0.2) is 4.98 Å². The highest BCUT2D eigenvalue weighted by Crippen LogP contribution is 2.42. The molecule has 0 fully saturated rings. The Balaban J connectivity index is 2.47. The quantitative estimate of drug-likeness (QED) is 0.737. The molecule has 1 aromatic carbocycles. The zero-order valence-corrected chi connectivity index (χ0v) is 10.5. The number of nitrogens with zero attached hydrogens (tertiary/aromatic N) is 1. The van der Waals surface area contributed by atoms with Crippen molar-refractivity contribution >= 4 is 29.1 Å². The molecule has 0 bridgehead atoms. The Morgan fingerprint density at radius 1 is 1.47 bits per heavy atom. The van der Waals surface area contributed by atoms with E-state index >= 15 is 0 Å². The van der Waals surface area contributed by atoms with E-state index in [-0.39, 0.29) is 5.75 Å². The Morgan fingerprint density at radius 3 is 2.76 bits per heavy atom. The second kappa shape index (κ2) is 4.27. The molecule has 6 nitrogen and oxygen atoms in total. The molecule has 92 valence electrons. The third kappa shape index (κ3) is 2.76. The second-order valence-electron chi connectivity index (χ2n) is 3.42. The van der Waals surface area contributed by atoms with E-state index in [4.69, 9.17) is 14.5 Å². The number of hydrogen-bond acceptors (Lipinski definition) is 5. The van der Waals surface area contributed by atoms with Gasteiger partial charge in [0.05, 0.1) is 17.3 Å². The lowest BCUT2D eigenvalue weighted by Gasteiger charge is -2.01. The van der Waals surface area contributed by atoms with Gasteiger partial charge in [0.25, 0.3) is 0 Å². The normalized spacial score (nSPS) is 11.9. The lowest BCUT2D eigenvalue weighted by molar-refractivity contribution is 0.371. The summed E-state index contributed by atoms with van der Waals surface area (Å²) in [7, 11) is -2.69. The topological polar surface area (TPSA) is 99.9 Å². The van der Waals surface area contributed by atoms with Gasteiger partial charge in [-0.05, 0) is 0 Å². The van der Waals surface area contributed by atoms with Crippen LogP contribution >= 0.6 is 18.9 Å². The van der Waals surface area contributed by atoms with Gasteiger partial charge in [0.1, 0.15) is 11.2 Å². The first kappa shape index (κ1) is 12.3. The van der Waals surface area contributed by atoms with E-state index in [0.717, 1.165) is 0 Å². The van der Waals surface area contributed by atoms with Crippen LogP contribution in [0.4, 0.5) is 0 Å². The molecule has 8 heteroatoms. The van der Waals surface area contributed by atoms with Crippen LogP contribution in [0.3, 0.4) is 0 Å².